The molecule has 0 unspecified atom stereocenters. The molecule has 7 nitrogen and oxygen atoms in total. The van der Waals surface area contributed by atoms with Gasteiger partial charge in [-0.1, -0.05) is 17.2 Å². The smallest absolute Gasteiger partial charge is 0.331 e. The van der Waals surface area contributed by atoms with Gasteiger partial charge in [-0.2, -0.15) is 0 Å². The van der Waals surface area contributed by atoms with Gasteiger partial charge in [-0.3, -0.25) is 14.9 Å². The fraction of sp³-hybridized carbons (Fsp3) is 0.231. The molecular weight excluding hydrogens is 300 g/mol. The normalized spacial score (nSPS) is 9.67. The first kappa shape index (κ1) is 16.6. The van der Waals surface area contributed by atoms with Crippen LogP contribution in [0, 0.1) is 10.1 Å². The SMILES string of the molecule is CC(C)=CC(=O)OCC(=O)Nc1ccc([N+](=O)[O-])cc1Cl. The van der Waals surface area contributed by atoms with Crippen LogP contribution in [0.5, 0.6) is 0 Å². The van der Waals surface area contributed by atoms with Gasteiger partial charge >= 0.3 is 5.97 Å². The zero-order valence-corrected chi connectivity index (χ0v) is 12.1. The maximum Gasteiger partial charge on any atom is 0.331 e. The number of carbonyl (C=O) groups excluding carboxylic acids is 2. The Morgan fingerprint density at radius 1 is 1.43 bits per heavy atom. The molecule has 0 bridgehead atoms. The number of nitro benzene ring substituents is 1. The predicted molar refractivity (Wildman–Crippen MR) is 77.1 cm³/mol. The Hall–Kier alpha value is -2.41. The van der Waals surface area contributed by atoms with E-state index in [1.807, 2.05) is 0 Å². The number of nitrogens with one attached hydrogen (secondary N) is 1. The number of amides is 1. The molecule has 0 spiro atoms. The monoisotopic (exact) mass is 312 g/mol. The summed E-state index contributed by atoms with van der Waals surface area (Å²) in [5, 5.41) is 13.0. The number of esters is 1. The molecule has 0 fully saturated rings. The molecule has 0 atom stereocenters. The second-order valence-electron chi connectivity index (χ2n) is 4.30. The van der Waals surface area contributed by atoms with Crippen LogP contribution in [0.15, 0.2) is 29.8 Å². The van der Waals surface area contributed by atoms with Gasteiger partial charge in [0.1, 0.15) is 0 Å². The van der Waals surface area contributed by atoms with Crippen LogP contribution in [0.4, 0.5) is 11.4 Å². The number of rotatable bonds is 5. The van der Waals surface area contributed by atoms with Crippen molar-refractivity contribution in [2.45, 2.75) is 13.8 Å². The van der Waals surface area contributed by atoms with Gasteiger partial charge in [-0.05, 0) is 19.9 Å². The van der Waals surface area contributed by atoms with Crippen molar-refractivity contribution >= 4 is 34.9 Å². The van der Waals surface area contributed by atoms with Crippen molar-refractivity contribution in [3.05, 3.63) is 45.0 Å². The number of ether oxygens (including phenoxy) is 1. The van der Waals surface area contributed by atoms with E-state index in [1.165, 1.54) is 18.2 Å². The summed E-state index contributed by atoms with van der Waals surface area (Å²) in [5.41, 5.74) is 0.761. The number of anilines is 1. The highest BCUT2D eigenvalue weighted by molar-refractivity contribution is 6.34. The third-order valence-electron chi connectivity index (χ3n) is 2.19. The summed E-state index contributed by atoms with van der Waals surface area (Å²) in [6.45, 7) is 2.96. The fourth-order valence-electron chi connectivity index (χ4n) is 1.32. The Balaban J connectivity index is 2.61. The van der Waals surface area contributed by atoms with E-state index < -0.39 is 23.4 Å². The van der Waals surface area contributed by atoms with Gasteiger partial charge in [0, 0.05) is 18.2 Å². The minimum Gasteiger partial charge on any atom is -0.452 e. The van der Waals surface area contributed by atoms with Gasteiger partial charge in [0.25, 0.3) is 11.6 Å². The van der Waals surface area contributed by atoms with Crippen molar-refractivity contribution in [1.29, 1.82) is 0 Å². The molecule has 0 heterocycles. The topological polar surface area (TPSA) is 98.5 Å². The van der Waals surface area contributed by atoms with E-state index in [0.717, 1.165) is 11.6 Å². The first-order valence-corrected chi connectivity index (χ1v) is 6.23. The van der Waals surface area contributed by atoms with Crippen LogP contribution in [0.2, 0.25) is 5.02 Å². The van der Waals surface area contributed by atoms with Gasteiger partial charge in [0.15, 0.2) is 6.61 Å². The quantitative estimate of drug-likeness (QED) is 0.390. The lowest BCUT2D eigenvalue weighted by molar-refractivity contribution is -0.384. The van der Waals surface area contributed by atoms with Crippen molar-refractivity contribution in [2.75, 3.05) is 11.9 Å². The molecule has 8 heteroatoms. The second kappa shape index (κ2) is 7.39. The molecule has 0 saturated carbocycles. The number of halogens is 1. The molecular formula is C13H13ClN2O5. The summed E-state index contributed by atoms with van der Waals surface area (Å²) >= 11 is 5.81. The molecule has 0 aliphatic heterocycles. The maximum atomic E-state index is 11.6. The molecule has 0 aliphatic rings. The molecule has 1 rings (SSSR count). The van der Waals surface area contributed by atoms with E-state index in [4.69, 9.17) is 16.3 Å². The van der Waals surface area contributed by atoms with Crippen LogP contribution >= 0.6 is 11.6 Å². The summed E-state index contributed by atoms with van der Waals surface area (Å²) < 4.78 is 4.71. The number of hydrogen-bond acceptors (Lipinski definition) is 5. The maximum absolute atomic E-state index is 11.6. The zero-order valence-electron chi connectivity index (χ0n) is 11.4. The third-order valence-corrected chi connectivity index (χ3v) is 2.50. The summed E-state index contributed by atoms with van der Waals surface area (Å²) in [7, 11) is 0. The lowest BCUT2D eigenvalue weighted by Gasteiger charge is -2.07. The van der Waals surface area contributed by atoms with Crippen molar-refractivity contribution in [2.24, 2.45) is 0 Å². The summed E-state index contributed by atoms with van der Waals surface area (Å²) in [6, 6.07) is 3.62. The lowest BCUT2D eigenvalue weighted by atomic mass is 10.3. The Bertz CT molecular complexity index is 609. The average Bonchev–Trinajstić information content (AvgIpc) is 2.37. The molecule has 1 aromatic carbocycles. The lowest BCUT2D eigenvalue weighted by Crippen LogP contribution is -2.20. The standard InChI is InChI=1S/C13H13ClN2O5/c1-8(2)5-13(18)21-7-12(17)15-11-4-3-9(16(19)20)6-10(11)14/h3-6H,7H2,1-2H3,(H,15,17). The summed E-state index contributed by atoms with van der Waals surface area (Å²) in [4.78, 5) is 32.7. The minimum atomic E-state index is -0.625. The molecule has 0 aliphatic carbocycles. The highest BCUT2D eigenvalue weighted by Crippen LogP contribution is 2.26. The molecule has 21 heavy (non-hydrogen) atoms. The second-order valence-corrected chi connectivity index (χ2v) is 4.71. The molecule has 1 amide bonds. The first-order valence-electron chi connectivity index (χ1n) is 5.85. The van der Waals surface area contributed by atoms with E-state index >= 15 is 0 Å². The Morgan fingerprint density at radius 3 is 2.62 bits per heavy atom. The van der Waals surface area contributed by atoms with Crippen LogP contribution < -0.4 is 5.32 Å². The van der Waals surface area contributed by atoms with Crippen LogP contribution in [0.3, 0.4) is 0 Å². The zero-order chi connectivity index (χ0) is 16.0. The largest absolute Gasteiger partial charge is 0.452 e. The van der Waals surface area contributed by atoms with Crippen LogP contribution in [-0.4, -0.2) is 23.4 Å². The number of nitrogens with zero attached hydrogens (tertiary/aromatic N) is 1. The van der Waals surface area contributed by atoms with E-state index in [1.54, 1.807) is 13.8 Å². The van der Waals surface area contributed by atoms with Crippen LogP contribution in [-0.2, 0) is 14.3 Å². The molecule has 0 saturated heterocycles. The minimum absolute atomic E-state index is 0.0215. The van der Waals surface area contributed by atoms with E-state index in [0.29, 0.717) is 0 Å². The van der Waals surface area contributed by atoms with Gasteiger partial charge in [0.05, 0.1) is 15.6 Å². The van der Waals surface area contributed by atoms with Gasteiger partial charge in [-0.15, -0.1) is 0 Å². The number of non-ortho nitro benzene ring substituents is 1. The third kappa shape index (κ3) is 5.62. The average molecular weight is 313 g/mol. The van der Waals surface area contributed by atoms with E-state index in [-0.39, 0.29) is 16.4 Å². The number of carbonyl (C=O) groups is 2. The van der Waals surface area contributed by atoms with E-state index in [9.17, 15) is 19.7 Å². The fourth-order valence-corrected chi connectivity index (χ4v) is 1.54. The predicted octanol–water partition coefficient (Wildman–Crippen LogP) is 2.70. The molecule has 112 valence electrons. The number of benzene rings is 1. The number of nitro groups is 1. The molecule has 0 aromatic heterocycles. The Labute approximate surface area is 125 Å². The Kier molecular flexibility index (Phi) is 5.86. The number of hydrogen-bond donors (Lipinski definition) is 1. The molecule has 1 aromatic rings. The summed E-state index contributed by atoms with van der Waals surface area (Å²) in [5.74, 6) is -1.22. The van der Waals surface area contributed by atoms with Crippen LogP contribution in [0.25, 0.3) is 0 Å². The van der Waals surface area contributed by atoms with Crippen molar-refractivity contribution in [1.82, 2.24) is 0 Å². The van der Waals surface area contributed by atoms with Gasteiger partial charge < -0.3 is 10.1 Å². The van der Waals surface area contributed by atoms with Crippen LogP contribution in [0.1, 0.15) is 13.8 Å². The van der Waals surface area contributed by atoms with Crippen molar-refractivity contribution in [3.63, 3.8) is 0 Å². The van der Waals surface area contributed by atoms with Gasteiger partial charge in [-0.25, -0.2) is 4.79 Å². The van der Waals surface area contributed by atoms with Gasteiger partial charge in [0.2, 0.25) is 0 Å². The van der Waals surface area contributed by atoms with Crippen molar-refractivity contribution in [3.8, 4) is 0 Å². The molecule has 0 radical (unpaired) electrons. The van der Waals surface area contributed by atoms with Crippen molar-refractivity contribution < 1.29 is 19.2 Å². The highest BCUT2D eigenvalue weighted by Gasteiger charge is 2.12. The number of allylic oxidation sites excluding steroid dienone is 1. The summed E-state index contributed by atoms with van der Waals surface area (Å²) in [6.07, 6.45) is 1.26. The first-order chi connectivity index (χ1) is 9.79. The Morgan fingerprint density at radius 2 is 2.10 bits per heavy atom. The molecule has 1 N–H and O–H groups in total. The highest BCUT2D eigenvalue weighted by atomic mass is 35.5. The van der Waals surface area contributed by atoms with E-state index in [2.05, 4.69) is 5.32 Å².